The van der Waals surface area contributed by atoms with Gasteiger partial charge in [0, 0.05) is 24.0 Å². The highest BCUT2D eigenvalue weighted by Gasteiger charge is 2.04. The van der Waals surface area contributed by atoms with Gasteiger partial charge in [0.25, 0.3) is 0 Å². The van der Waals surface area contributed by atoms with Crippen molar-refractivity contribution in [1.29, 1.82) is 5.26 Å². The molecular formula is C18H13N3O2. The lowest BCUT2D eigenvalue weighted by molar-refractivity contribution is 0.304. The average molecular weight is 303 g/mol. The number of ether oxygens (including phenoxy) is 2. The number of hydrogen-bond acceptors (Lipinski definition) is 5. The molecule has 5 heteroatoms. The molecule has 0 bridgehead atoms. The molecule has 0 aliphatic carbocycles. The number of hydrogen-bond donors (Lipinski definition) is 0. The molecule has 1 aromatic heterocycles. The van der Waals surface area contributed by atoms with E-state index in [1.54, 1.807) is 36.7 Å². The fraction of sp³-hybridized carbons (Fsp3) is 0.0556. The molecule has 0 radical (unpaired) electrons. The van der Waals surface area contributed by atoms with Crippen molar-refractivity contribution in [3.05, 3.63) is 78.1 Å². The molecule has 0 atom stereocenters. The van der Waals surface area contributed by atoms with E-state index < -0.39 is 0 Å². The molecule has 0 aliphatic heterocycles. The van der Waals surface area contributed by atoms with E-state index in [0.29, 0.717) is 23.7 Å². The Kier molecular flexibility index (Phi) is 4.46. The van der Waals surface area contributed by atoms with Crippen molar-refractivity contribution in [2.45, 2.75) is 6.61 Å². The molecule has 23 heavy (non-hydrogen) atoms. The summed E-state index contributed by atoms with van der Waals surface area (Å²) in [6.07, 6.45) is 3.23. The number of aromatic nitrogens is 2. The van der Waals surface area contributed by atoms with Crippen LogP contribution in [0.5, 0.6) is 17.5 Å². The first-order chi connectivity index (χ1) is 11.3. The van der Waals surface area contributed by atoms with Crippen molar-refractivity contribution in [3.63, 3.8) is 0 Å². The first-order valence-electron chi connectivity index (χ1n) is 7.01. The van der Waals surface area contributed by atoms with Crippen LogP contribution in [0.4, 0.5) is 0 Å². The Balaban J connectivity index is 1.69. The summed E-state index contributed by atoms with van der Waals surface area (Å²) in [5, 5.41) is 9.08. The van der Waals surface area contributed by atoms with Crippen molar-refractivity contribution in [3.8, 4) is 23.6 Å². The number of benzene rings is 2. The summed E-state index contributed by atoms with van der Waals surface area (Å²) in [6.45, 7) is 0.315. The van der Waals surface area contributed by atoms with Crippen LogP contribution in [0.1, 0.15) is 11.1 Å². The summed E-state index contributed by atoms with van der Waals surface area (Å²) >= 11 is 0. The molecule has 0 spiro atoms. The third-order valence-electron chi connectivity index (χ3n) is 3.09. The van der Waals surface area contributed by atoms with E-state index in [9.17, 15) is 0 Å². The SMILES string of the molecule is N#Cc1ccccc1COc1cccc(Oc2ncccn2)c1. The van der Waals surface area contributed by atoms with Gasteiger partial charge in [-0.1, -0.05) is 24.3 Å². The van der Waals surface area contributed by atoms with Gasteiger partial charge in [-0.15, -0.1) is 0 Å². The van der Waals surface area contributed by atoms with E-state index in [1.807, 2.05) is 30.3 Å². The minimum Gasteiger partial charge on any atom is -0.489 e. The Morgan fingerprint density at radius 3 is 2.52 bits per heavy atom. The summed E-state index contributed by atoms with van der Waals surface area (Å²) in [5.41, 5.74) is 1.45. The van der Waals surface area contributed by atoms with Gasteiger partial charge in [0.2, 0.25) is 0 Å². The summed E-state index contributed by atoms with van der Waals surface area (Å²) < 4.78 is 11.3. The lowest BCUT2D eigenvalue weighted by Gasteiger charge is -2.09. The highest BCUT2D eigenvalue weighted by Crippen LogP contribution is 2.23. The van der Waals surface area contributed by atoms with E-state index in [-0.39, 0.29) is 6.01 Å². The molecule has 0 aliphatic rings. The van der Waals surface area contributed by atoms with Crippen LogP contribution in [0.25, 0.3) is 0 Å². The minimum atomic E-state index is 0.277. The Morgan fingerprint density at radius 1 is 0.913 bits per heavy atom. The van der Waals surface area contributed by atoms with Crippen molar-refractivity contribution in [1.82, 2.24) is 9.97 Å². The van der Waals surface area contributed by atoms with Gasteiger partial charge in [0.15, 0.2) is 0 Å². The van der Waals surface area contributed by atoms with Crippen LogP contribution in [0.3, 0.4) is 0 Å². The van der Waals surface area contributed by atoms with Crippen molar-refractivity contribution < 1.29 is 9.47 Å². The lowest BCUT2D eigenvalue weighted by atomic mass is 10.1. The first kappa shape index (κ1) is 14.5. The van der Waals surface area contributed by atoms with Gasteiger partial charge >= 0.3 is 6.01 Å². The van der Waals surface area contributed by atoms with Gasteiger partial charge in [0.1, 0.15) is 18.1 Å². The first-order valence-corrected chi connectivity index (χ1v) is 7.01. The summed E-state index contributed by atoms with van der Waals surface area (Å²) in [6, 6.07) is 18.7. The fourth-order valence-corrected chi connectivity index (χ4v) is 1.99. The molecule has 0 N–H and O–H groups in total. The molecule has 0 saturated carbocycles. The number of nitrogens with zero attached hydrogens (tertiary/aromatic N) is 3. The zero-order chi connectivity index (χ0) is 15.9. The highest BCUT2D eigenvalue weighted by molar-refractivity contribution is 5.38. The van der Waals surface area contributed by atoms with Crippen LogP contribution >= 0.6 is 0 Å². The second-order valence-corrected chi connectivity index (χ2v) is 4.67. The van der Waals surface area contributed by atoms with Crippen LogP contribution < -0.4 is 9.47 Å². The summed E-state index contributed by atoms with van der Waals surface area (Å²) in [4.78, 5) is 8.02. The molecule has 1 heterocycles. The van der Waals surface area contributed by atoms with Gasteiger partial charge in [-0.3, -0.25) is 0 Å². The van der Waals surface area contributed by atoms with Crippen molar-refractivity contribution in [2.24, 2.45) is 0 Å². The molecule has 3 aromatic rings. The zero-order valence-corrected chi connectivity index (χ0v) is 12.2. The maximum atomic E-state index is 9.08. The lowest BCUT2D eigenvalue weighted by Crippen LogP contribution is -1.98. The van der Waals surface area contributed by atoms with Gasteiger partial charge in [-0.2, -0.15) is 5.26 Å². The normalized spacial score (nSPS) is 9.87. The molecule has 3 rings (SSSR count). The molecular weight excluding hydrogens is 290 g/mol. The van der Waals surface area contributed by atoms with E-state index in [4.69, 9.17) is 14.7 Å². The van der Waals surface area contributed by atoms with Crippen molar-refractivity contribution in [2.75, 3.05) is 0 Å². The summed E-state index contributed by atoms with van der Waals surface area (Å²) in [7, 11) is 0. The van der Waals surface area contributed by atoms with Gasteiger partial charge in [-0.05, 0) is 24.3 Å². The largest absolute Gasteiger partial charge is 0.489 e. The average Bonchev–Trinajstić information content (AvgIpc) is 2.61. The summed E-state index contributed by atoms with van der Waals surface area (Å²) in [5.74, 6) is 1.23. The Hall–Kier alpha value is -3.39. The Morgan fingerprint density at radius 2 is 1.70 bits per heavy atom. The molecule has 0 fully saturated rings. The van der Waals surface area contributed by atoms with E-state index in [2.05, 4.69) is 16.0 Å². The van der Waals surface area contributed by atoms with Gasteiger partial charge in [0.05, 0.1) is 11.6 Å². The molecule has 5 nitrogen and oxygen atoms in total. The van der Waals surface area contributed by atoms with Crippen molar-refractivity contribution >= 4 is 0 Å². The third-order valence-corrected chi connectivity index (χ3v) is 3.09. The second kappa shape index (κ2) is 7.05. The van der Waals surface area contributed by atoms with Crippen LogP contribution in [-0.4, -0.2) is 9.97 Å². The smallest absolute Gasteiger partial charge is 0.321 e. The Bertz CT molecular complexity index is 829. The van der Waals surface area contributed by atoms with E-state index >= 15 is 0 Å². The quantitative estimate of drug-likeness (QED) is 0.718. The predicted molar refractivity (Wildman–Crippen MR) is 84.0 cm³/mol. The number of nitriles is 1. The minimum absolute atomic E-state index is 0.277. The highest BCUT2D eigenvalue weighted by atomic mass is 16.5. The topological polar surface area (TPSA) is 68.0 Å². The number of rotatable bonds is 5. The van der Waals surface area contributed by atoms with Crippen LogP contribution in [0, 0.1) is 11.3 Å². The standard InChI is InChI=1S/C18H13N3O2/c19-12-14-5-1-2-6-15(14)13-22-16-7-3-8-17(11-16)23-18-20-9-4-10-21-18/h1-11H,13H2. The second-order valence-electron chi connectivity index (χ2n) is 4.67. The van der Waals surface area contributed by atoms with Crippen LogP contribution in [0.2, 0.25) is 0 Å². The fourth-order valence-electron chi connectivity index (χ4n) is 1.99. The Labute approximate surface area is 133 Å². The molecule has 112 valence electrons. The predicted octanol–water partition coefficient (Wildman–Crippen LogP) is 3.72. The zero-order valence-electron chi connectivity index (χ0n) is 12.2. The molecule has 0 unspecified atom stereocenters. The maximum Gasteiger partial charge on any atom is 0.321 e. The maximum absolute atomic E-state index is 9.08. The van der Waals surface area contributed by atoms with E-state index in [0.717, 1.165) is 5.56 Å². The van der Waals surface area contributed by atoms with Crippen LogP contribution in [-0.2, 0) is 6.61 Å². The molecule has 0 saturated heterocycles. The molecule has 0 amide bonds. The third kappa shape index (κ3) is 3.83. The van der Waals surface area contributed by atoms with E-state index in [1.165, 1.54) is 0 Å². The van der Waals surface area contributed by atoms with Gasteiger partial charge < -0.3 is 9.47 Å². The molecule has 2 aromatic carbocycles. The van der Waals surface area contributed by atoms with Gasteiger partial charge in [-0.25, -0.2) is 9.97 Å². The van der Waals surface area contributed by atoms with Crippen LogP contribution in [0.15, 0.2) is 67.0 Å². The monoisotopic (exact) mass is 303 g/mol.